The Morgan fingerprint density at radius 3 is 1.16 bits per heavy atom. The molecular weight excluding hydrogens is 697 g/mol. The summed E-state index contributed by atoms with van der Waals surface area (Å²) in [7, 11) is 0. The number of fused-ring (bicyclic) bond motifs is 7. The van der Waals surface area contributed by atoms with Gasteiger partial charge in [0.25, 0.3) is 0 Å². The summed E-state index contributed by atoms with van der Waals surface area (Å²) in [5.41, 5.74) is 15.4. The molecule has 0 unspecified atom stereocenters. The van der Waals surface area contributed by atoms with Crippen LogP contribution in [0.25, 0.3) is 131 Å². The highest BCUT2D eigenvalue weighted by Gasteiger charge is 2.28. The van der Waals surface area contributed by atoms with Crippen molar-refractivity contribution in [1.82, 2.24) is 0 Å². The van der Waals surface area contributed by atoms with E-state index in [2.05, 4.69) is 206 Å². The molecular formula is C58H34. The Morgan fingerprint density at radius 1 is 0.172 bits per heavy atom. The van der Waals surface area contributed by atoms with Crippen LogP contribution in [0, 0.1) is 0 Å². The second kappa shape index (κ2) is 12.0. The van der Waals surface area contributed by atoms with Gasteiger partial charge < -0.3 is 0 Å². The lowest BCUT2D eigenvalue weighted by Gasteiger charge is -2.19. The smallest absolute Gasteiger partial charge is 0.00139 e. The third-order valence-electron chi connectivity index (χ3n) is 13.0. The molecule has 0 aromatic heterocycles. The van der Waals surface area contributed by atoms with E-state index in [-0.39, 0.29) is 0 Å². The molecule has 0 radical (unpaired) electrons. The fourth-order valence-corrected chi connectivity index (χ4v) is 10.6. The van der Waals surface area contributed by atoms with E-state index < -0.39 is 0 Å². The number of rotatable bonds is 4. The van der Waals surface area contributed by atoms with Gasteiger partial charge in [0.1, 0.15) is 0 Å². The fraction of sp³-hybridized carbons (Fsp3) is 0. The van der Waals surface area contributed by atoms with Gasteiger partial charge in [0.15, 0.2) is 0 Å². The van der Waals surface area contributed by atoms with Crippen LogP contribution in [-0.2, 0) is 0 Å². The summed E-state index contributed by atoms with van der Waals surface area (Å²) < 4.78 is 0. The van der Waals surface area contributed by atoms with Crippen LogP contribution in [0.3, 0.4) is 0 Å². The molecule has 0 heterocycles. The lowest BCUT2D eigenvalue weighted by atomic mass is 9.84. The van der Waals surface area contributed by atoms with E-state index in [1.807, 2.05) is 0 Å². The van der Waals surface area contributed by atoms with E-state index >= 15 is 0 Å². The summed E-state index contributed by atoms with van der Waals surface area (Å²) in [6, 6.07) is 76.8. The lowest BCUT2D eigenvalue weighted by molar-refractivity contribution is 1.60. The van der Waals surface area contributed by atoms with Crippen LogP contribution in [0.4, 0.5) is 0 Å². The zero-order valence-corrected chi connectivity index (χ0v) is 31.6. The monoisotopic (exact) mass is 730 g/mol. The molecule has 0 aliphatic heterocycles. The Morgan fingerprint density at radius 2 is 0.586 bits per heavy atom. The van der Waals surface area contributed by atoms with Crippen molar-refractivity contribution in [3.63, 3.8) is 0 Å². The summed E-state index contributed by atoms with van der Waals surface area (Å²) in [4.78, 5) is 0. The van der Waals surface area contributed by atoms with Crippen molar-refractivity contribution in [1.29, 1.82) is 0 Å². The molecule has 0 N–H and O–H groups in total. The van der Waals surface area contributed by atoms with Crippen molar-refractivity contribution in [2.45, 2.75) is 0 Å². The maximum Gasteiger partial charge on any atom is -0.00139 e. The van der Waals surface area contributed by atoms with Crippen molar-refractivity contribution in [2.24, 2.45) is 0 Å². The first-order valence-electron chi connectivity index (χ1n) is 20.3. The highest BCUT2D eigenvalue weighted by Crippen LogP contribution is 2.55. The first kappa shape index (κ1) is 31.6. The van der Waals surface area contributed by atoms with Gasteiger partial charge in [-0.25, -0.2) is 0 Å². The minimum Gasteiger partial charge on any atom is -0.0622 e. The van der Waals surface area contributed by atoms with E-state index in [0.29, 0.717) is 0 Å². The molecule has 0 nitrogen and oxygen atoms in total. The Hall–Kier alpha value is -7.54. The largest absolute Gasteiger partial charge is 0.0622 e. The van der Waals surface area contributed by atoms with Crippen LogP contribution in [0.2, 0.25) is 0 Å². The van der Waals surface area contributed by atoms with Gasteiger partial charge in [-0.05, 0) is 144 Å². The summed E-state index contributed by atoms with van der Waals surface area (Å²) in [6.45, 7) is 0. The number of benzene rings is 12. The molecule has 12 aromatic rings. The highest BCUT2D eigenvalue weighted by molar-refractivity contribution is 6.38. The van der Waals surface area contributed by atoms with Crippen LogP contribution < -0.4 is 0 Å². The molecule has 0 bridgehead atoms. The first-order chi connectivity index (χ1) is 28.8. The minimum absolute atomic E-state index is 1.24. The summed E-state index contributed by atoms with van der Waals surface area (Å²) in [6.07, 6.45) is 0. The molecule has 0 saturated heterocycles. The average molecular weight is 731 g/mol. The maximum absolute atomic E-state index is 2.51. The zero-order valence-electron chi connectivity index (χ0n) is 31.6. The summed E-state index contributed by atoms with van der Waals surface area (Å²) in [5.74, 6) is 0. The zero-order chi connectivity index (χ0) is 37.9. The Bertz CT molecular complexity index is 3470. The molecule has 13 rings (SSSR count). The standard InChI is InChI=1S/C58H34/c1-4-15-35(16-5-1)38-21-10-11-22-39(38)40-27-28-45-47-30-32-49-51-34-53-52(33-50(51)48-31-29-46(57(47)58(48)49)44-26-14-25-41(40)56(44)45)54(36-17-6-2-7-18-36)42-23-12-13-24-43(42)55(53)37-19-8-3-9-20-37/h1-34H. The van der Waals surface area contributed by atoms with Gasteiger partial charge in [0.05, 0.1) is 0 Å². The molecule has 266 valence electrons. The van der Waals surface area contributed by atoms with Gasteiger partial charge >= 0.3 is 0 Å². The SMILES string of the molecule is c1ccc(-c2ccccc2-c2ccc3c4ccc5c6c(ccc(c7cccc2c73)c64)-c2cc3c(-c4ccccc4)c4ccccc4c(-c4ccccc4)c3cc2-5)cc1. The van der Waals surface area contributed by atoms with Crippen LogP contribution in [0.15, 0.2) is 206 Å². The molecule has 0 saturated carbocycles. The van der Waals surface area contributed by atoms with Crippen molar-refractivity contribution >= 4 is 64.6 Å². The van der Waals surface area contributed by atoms with Gasteiger partial charge in [-0.15, -0.1) is 0 Å². The van der Waals surface area contributed by atoms with E-state index in [0.717, 1.165) is 0 Å². The van der Waals surface area contributed by atoms with Crippen LogP contribution in [0.5, 0.6) is 0 Å². The Labute approximate surface area is 336 Å². The molecule has 58 heavy (non-hydrogen) atoms. The third-order valence-corrected chi connectivity index (χ3v) is 13.0. The van der Waals surface area contributed by atoms with Crippen LogP contribution >= 0.6 is 0 Å². The lowest BCUT2D eigenvalue weighted by Crippen LogP contribution is -1.92. The molecule has 1 aliphatic rings. The van der Waals surface area contributed by atoms with Crippen LogP contribution in [-0.4, -0.2) is 0 Å². The number of hydrogen-bond acceptors (Lipinski definition) is 0. The van der Waals surface area contributed by atoms with Crippen molar-refractivity contribution < 1.29 is 0 Å². The first-order valence-corrected chi connectivity index (χ1v) is 20.3. The van der Waals surface area contributed by atoms with Gasteiger partial charge in [-0.2, -0.15) is 0 Å². The topological polar surface area (TPSA) is 0 Å². The van der Waals surface area contributed by atoms with Gasteiger partial charge in [-0.1, -0.05) is 194 Å². The Kier molecular flexibility index (Phi) is 6.54. The maximum atomic E-state index is 2.51. The highest BCUT2D eigenvalue weighted by atomic mass is 14.3. The summed E-state index contributed by atoms with van der Waals surface area (Å²) in [5, 5.41) is 15.8. The third kappa shape index (κ3) is 4.29. The molecule has 12 aromatic carbocycles. The van der Waals surface area contributed by atoms with E-state index in [1.54, 1.807) is 0 Å². The Balaban J connectivity index is 1.11. The predicted octanol–water partition coefficient (Wildman–Crippen LogP) is 16.4. The molecule has 1 aliphatic carbocycles. The van der Waals surface area contributed by atoms with Crippen molar-refractivity contribution in [3.8, 4) is 66.8 Å². The van der Waals surface area contributed by atoms with E-state index in [4.69, 9.17) is 0 Å². The second-order valence-corrected chi connectivity index (χ2v) is 15.8. The molecule has 0 amide bonds. The number of hydrogen-bond donors (Lipinski definition) is 0. The van der Waals surface area contributed by atoms with Crippen LogP contribution in [0.1, 0.15) is 0 Å². The predicted molar refractivity (Wildman–Crippen MR) is 249 cm³/mol. The molecule has 0 spiro atoms. The summed E-state index contributed by atoms with van der Waals surface area (Å²) >= 11 is 0. The van der Waals surface area contributed by atoms with E-state index in [9.17, 15) is 0 Å². The van der Waals surface area contributed by atoms with Gasteiger partial charge in [0, 0.05) is 0 Å². The normalized spacial score (nSPS) is 12.1. The van der Waals surface area contributed by atoms with Gasteiger partial charge in [-0.3, -0.25) is 0 Å². The quantitative estimate of drug-likeness (QED) is 0.125. The average Bonchev–Trinajstić information content (AvgIpc) is 3.61. The second-order valence-electron chi connectivity index (χ2n) is 15.8. The van der Waals surface area contributed by atoms with Crippen molar-refractivity contribution in [2.75, 3.05) is 0 Å². The fourth-order valence-electron chi connectivity index (χ4n) is 10.6. The minimum atomic E-state index is 1.24. The molecule has 0 atom stereocenters. The molecule has 0 fully saturated rings. The van der Waals surface area contributed by atoms with Gasteiger partial charge in [0.2, 0.25) is 0 Å². The van der Waals surface area contributed by atoms with Crippen molar-refractivity contribution in [3.05, 3.63) is 206 Å². The van der Waals surface area contributed by atoms with E-state index in [1.165, 1.54) is 131 Å². The molecule has 0 heteroatoms.